The first kappa shape index (κ1) is 14.3. The van der Waals surface area contributed by atoms with Crippen molar-refractivity contribution < 1.29 is 4.79 Å². The summed E-state index contributed by atoms with van der Waals surface area (Å²) in [6.45, 7) is 2.08. The molecule has 0 radical (unpaired) electrons. The van der Waals surface area contributed by atoms with Crippen LogP contribution in [0, 0.1) is 12.8 Å². The molecule has 1 saturated carbocycles. The summed E-state index contributed by atoms with van der Waals surface area (Å²) in [5.41, 5.74) is 4.37. The molecule has 1 aliphatic carbocycles. The highest BCUT2D eigenvalue weighted by atomic mass is 32.1. The molecule has 1 aliphatic rings. The van der Waals surface area contributed by atoms with Gasteiger partial charge in [-0.25, -0.2) is 4.98 Å². The Kier molecular flexibility index (Phi) is 3.58. The van der Waals surface area contributed by atoms with Gasteiger partial charge < -0.3 is 5.32 Å². The third-order valence-electron chi connectivity index (χ3n) is 4.44. The molecule has 2 aromatic heterocycles. The highest BCUT2D eigenvalue weighted by Gasteiger charge is 2.25. The molecule has 3 aromatic rings. The number of carbonyl (C=O) groups excluding carboxylic acids is 1. The minimum Gasteiger partial charge on any atom is -0.302 e. The number of fused-ring (bicyclic) bond motifs is 1. The van der Waals surface area contributed by atoms with Gasteiger partial charge >= 0.3 is 0 Å². The second-order valence-electron chi connectivity index (χ2n) is 6.01. The van der Waals surface area contributed by atoms with Crippen LogP contribution in [0.1, 0.15) is 24.8 Å². The van der Waals surface area contributed by atoms with Gasteiger partial charge in [0.05, 0.1) is 10.2 Å². The van der Waals surface area contributed by atoms with E-state index in [0.29, 0.717) is 5.13 Å². The Balaban J connectivity index is 1.64. The van der Waals surface area contributed by atoms with Crippen molar-refractivity contribution in [3.63, 3.8) is 0 Å². The first-order valence-electron chi connectivity index (χ1n) is 7.83. The number of thiazole rings is 1. The van der Waals surface area contributed by atoms with Crippen LogP contribution in [0.25, 0.3) is 21.3 Å². The molecular formula is C18H17N3OS. The van der Waals surface area contributed by atoms with Crippen LogP contribution in [-0.4, -0.2) is 15.9 Å². The molecule has 0 bridgehead atoms. The number of benzene rings is 1. The molecule has 0 spiro atoms. The third kappa shape index (κ3) is 2.72. The number of nitrogens with one attached hydrogen (secondary N) is 1. The second-order valence-corrected chi connectivity index (χ2v) is 7.04. The number of rotatable bonds is 3. The number of aromatic nitrogens is 2. The SMILES string of the molecule is Cc1ccncc1-c1ccc2nc(NC(=O)C3CCC3)sc2c1. The number of carbonyl (C=O) groups is 1. The van der Waals surface area contributed by atoms with Crippen molar-refractivity contribution in [3.05, 3.63) is 42.2 Å². The van der Waals surface area contributed by atoms with Gasteiger partial charge in [-0.15, -0.1) is 0 Å². The van der Waals surface area contributed by atoms with Crippen LogP contribution in [0.4, 0.5) is 5.13 Å². The van der Waals surface area contributed by atoms with Gasteiger partial charge in [-0.05, 0) is 49.1 Å². The number of aryl methyl sites for hydroxylation is 1. The van der Waals surface area contributed by atoms with Gasteiger partial charge in [0, 0.05) is 23.9 Å². The van der Waals surface area contributed by atoms with Crippen LogP contribution in [0.5, 0.6) is 0 Å². The van der Waals surface area contributed by atoms with Crippen molar-refractivity contribution in [2.75, 3.05) is 5.32 Å². The van der Waals surface area contributed by atoms with Gasteiger partial charge in [-0.2, -0.15) is 0 Å². The van der Waals surface area contributed by atoms with Crippen molar-refractivity contribution in [1.29, 1.82) is 0 Å². The minimum absolute atomic E-state index is 0.110. The Labute approximate surface area is 138 Å². The number of nitrogens with zero attached hydrogens (tertiary/aromatic N) is 2. The molecule has 0 atom stereocenters. The van der Waals surface area contributed by atoms with E-state index < -0.39 is 0 Å². The Hall–Kier alpha value is -2.27. The number of hydrogen-bond donors (Lipinski definition) is 1. The van der Waals surface area contributed by atoms with Gasteiger partial charge in [0.2, 0.25) is 5.91 Å². The molecule has 23 heavy (non-hydrogen) atoms. The molecule has 1 amide bonds. The van der Waals surface area contributed by atoms with E-state index in [1.54, 1.807) is 6.20 Å². The van der Waals surface area contributed by atoms with E-state index >= 15 is 0 Å². The second kappa shape index (κ2) is 5.74. The molecule has 1 N–H and O–H groups in total. The minimum atomic E-state index is 0.110. The van der Waals surface area contributed by atoms with Gasteiger partial charge in [0.1, 0.15) is 0 Å². The molecule has 4 nitrogen and oxygen atoms in total. The predicted octanol–water partition coefficient (Wildman–Crippen LogP) is 4.41. The van der Waals surface area contributed by atoms with Gasteiger partial charge in [0.15, 0.2) is 5.13 Å². The highest BCUT2D eigenvalue weighted by molar-refractivity contribution is 7.22. The fourth-order valence-corrected chi connectivity index (χ4v) is 3.70. The van der Waals surface area contributed by atoms with Crippen LogP contribution in [0.2, 0.25) is 0 Å². The molecule has 1 aromatic carbocycles. The quantitative estimate of drug-likeness (QED) is 0.777. The standard InChI is InChI=1S/C18H17N3OS/c1-11-7-8-19-10-14(11)13-5-6-15-16(9-13)23-18(20-15)21-17(22)12-3-2-4-12/h5-10,12H,2-4H2,1H3,(H,20,21,22). The average Bonchev–Trinajstić information content (AvgIpc) is 2.86. The zero-order valence-corrected chi connectivity index (χ0v) is 13.7. The lowest BCUT2D eigenvalue weighted by Gasteiger charge is -2.23. The van der Waals surface area contributed by atoms with Crippen molar-refractivity contribution in [2.24, 2.45) is 5.92 Å². The lowest BCUT2D eigenvalue weighted by Crippen LogP contribution is -2.27. The fourth-order valence-electron chi connectivity index (χ4n) is 2.79. The molecule has 5 heteroatoms. The first-order chi connectivity index (χ1) is 11.2. The lowest BCUT2D eigenvalue weighted by atomic mass is 9.85. The summed E-state index contributed by atoms with van der Waals surface area (Å²) in [5.74, 6) is 0.286. The predicted molar refractivity (Wildman–Crippen MR) is 93.6 cm³/mol. The lowest BCUT2D eigenvalue weighted by molar-refractivity contribution is -0.122. The summed E-state index contributed by atoms with van der Waals surface area (Å²) in [4.78, 5) is 20.8. The molecule has 0 unspecified atom stereocenters. The van der Waals surface area contributed by atoms with Gasteiger partial charge in [0.25, 0.3) is 0 Å². The highest BCUT2D eigenvalue weighted by Crippen LogP contribution is 2.33. The number of anilines is 1. The Morgan fingerprint density at radius 2 is 2.17 bits per heavy atom. The molecule has 116 valence electrons. The van der Waals surface area contributed by atoms with Crippen LogP contribution in [-0.2, 0) is 4.79 Å². The Morgan fingerprint density at radius 1 is 1.30 bits per heavy atom. The molecule has 0 aliphatic heterocycles. The summed E-state index contributed by atoms with van der Waals surface area (Å²) >= 11 is 1.53. The van der Waals surface area contributed by atoms with Gasteiger partial charge in [-0.3, -0.25) is 9.78 Å². The van der Waals surface area contributed by atoms with Crippen molar-refractivity contribution in [1.82, 2.24) is 9.97 Å². The molecule has 2 heterocycles. The van der Waals surface area contributed by atoms with E-state index in [2.05, 4.69) is 34.3 Å². The summed E-state index contributed by atoms with van der Waals surface area (Å²) < 4.78 is 1.08. The van der Waals surface area contributed by atoms with Crippen LogP contribution in [0.3, 0.4) is 0 Å². The molecule has 1 fully saturated rings. The molecular weight excluding hydrogens is 306 g/mol. The smallest absolute Gasteiger partial charge is 0.229 e. The van der Waals surface area contributed by atoms with Crippen molar-refractivity contribution in [2.45, 2.75) is 26.2 Å². The van der Waals surface area contributed by atoms with E-state index in [4.69, 9.17) is 0 Å². The average molecular weight is 323 g/mol. The fraction of sp³-hybridized carbons (Fsp3) is 0.278. The number of pyridine rings is 1. The Bertz CT molecular complexity index is 883. The summed E-state index contributed by atoms with van der Waals surface area (Å²) in [6, 6.07) is 8.20. The van der Waals surface area contributed by atoms with E-state index in [-0.39, 0.29) is 11.8 Å². The zero-order valence-electron chi connectivity index (χ0n) is 12.9. The third-order valence-corrected chi connectivity index (χ3v) is 5.38. The Morgan fingerprint density at radius 3 is 2.91 bits per heavy atom. The largest absolute Gasteiger partial charge is 0.302 e. The normalized spacial score (nSPS) is 14.7. The summed E-state index contributed by atoms with van der Waals surface area (Å²) in [5, 5.41) is 3.65. The molecule has 0 saturated heterocycles. The maximum atomic E-state index is 12.1. The van der Waals surface area contributed by atoms with E-state index in [9.17, 15) is 4.79 Å². The van der Waals surface area contributed by atoms with Crippen LogP contribution in [0.15, 0.2) is 36.7 Å². The van der Waals surface area contributed by atoms with Crippen molar-refractivity contribution in [3.8, 4) is 11.1 Å². The summed E-state index contributed by atoms with van der Waals surface area (Å²) in [7, 11) is 0. The number of hydrogen-bond acceptors (Lipinski definition) is 4. The van der Waals surface area contributed by atoms with Gasteiger partial charge in [-0.1, -0.05) is 23.8 Å². The summed E-state index contributed by atoms with van der Waals surface area (Å²) in [6.07, 6.45) is 6.85. The van der Waals surface area contributed by atoms with Crippen LogP contribution >= 0.6 is 11.3 Å². The monoisotopic (exact) mass is 323 g/mol. The maximum Gasteiger partial charge on any atom is 0.229 e. The number of amides is 1. The van der Waals surface area contributed by atoms with E-state index in [0.717, 1.165) is 40.6 Å². The zero-order chi connectivity index (χ0) is 15.8. The topological polar surface area (TPSA) is 54.9 Å². The van der Waals surface area contributed by atoms with Crippen LogP contribution < -0.4 is 5.32 Å². The van der Waals surface area contributed by atoms with Crippen molar-refractivity contribution >= 4 is 32.6 Å². The van der Waals surface area contributed by atoms with E-state index in [1.807, 2.05) is 18.3 Å². The molecule has 4 rings (SSSR count). The first-order valence-corrected chi connectivity index (χ1v) is 8.65. The maximum absolute atomic E-state index is 12.1. The van der Waals surface area contributed by atoms with E-state index in [1.165, 1.54) is 16.9 Å².